The Kier molecular flexibility index (Phi) is 5.50. The largest absolute Gasteiger partial charge is 0.423 e. The van der Waals surface area contributed by atoms with Gasteiger partial charge in [0.05, 0.1) is 5.56 Å². The molecule has 0 saturated heterocycles. The highest BCUT2D eigenvalue weighted by atomic mass is 79.9. The second-order valence-electron chi connectivity index (χ2n) is 3.20. The van der Waals surface area contributed by atoms with Crippen LogP contribution in [0.4, 0.5) is 0 Å². The molecule has 0 aromatic heterocycles. The van der Waals surface area contributed by atoms with Crippen molar-refractivity contribution in [2.75, 3.05) is 0 Å². The van der Waals surface area contributed by atoms with E-state index >= 15 is 0 Å². The molecule has 0 amide bonds. The fourth-order valence-electron chi connectivity index (χ4n) is 1.13. The number of esters is 1. The molecule has 8 heteroatoms. The molecule has 0 aliphatic carbocycles. The van der Waals surface area contributed by atoms with E-state index in [9.17, 15) is 9.59 Å². The number of benzene rings is 1. The molecule has 0 aliphatic heterocycles. The summed E-state index contributed by atoms with van der Waals surface area (Å²) in [6.07, 6.45) is 0. The van der Waals surface area contributed by atoms with Crippen molar-refractivity contribution in [3.8, 4) is 5.75 Å². The highest BCUT2D eigenvalue weighted by Crippen LogP contribution is 2.34. The zero-order valence-electron chi connectivity index (χ0n) is 8.77. The molecule has 0 aliphatic rings. The van der Waals surface area contributed by atoms with Gasteiger partial charge in [-0.2, -0.15) is 0 Å². The summed E-state index contributed by atoms with van der Waals surface area (Å²) >= 11 is 22.6. The minimum absolute atomic E-state index is 0.0140. The second kappa shape index (κ2) is 6.09. The maximum atomic E-state index is 11.5. The van der Waals surface area contributed by atoms with Crippen molar-refractivity contribution in [3.63, 3.8) is 0 Å². The fraction of sp³-hybridized carbons (Fsp3) is 0.200. The Balaban J connectivity index is 3.24. The first-order valence-electron chi connectivity index (χ1n) is 4.42. The summed E-state index contributed by atoms with van der Waals surface area (Å²) in [6, 6.07) is 3.08. The van der Waals surface area contributed by atoms with Crippen LogP contribution in [0.5, 0.6) is 5.75 Å². The van der Waals surface area contributed by atoms with Crippen LogP contribution < -0.4 is 4.74 Å². The van der Waals surface area contributed by atoms with Gasteiger partial charge in [-0.05, 0) is 35.0 Å². The summed E-state index contributed by atoms with van der Waals surface area (Å²) in [6.45, 7) is 1.33. The molecular weight excluding hydrogens is 434 g/mol. The predicted octanol–water partition coefficient (Wildman–Crippen LogP) is 4.69. The number of ether oxygens (including phenoxy) is 1. The molecule has 0 fully saturated rings. The Morgan fingerprint density at radius 1 is 1.22 bits per heavy atom. The normalized spacial score (nSPS) is 11.2. The van der Waals surface area contributed by atoms with E-state index in [-0.39, 0.29) is 17.1 Å². The maximum Gasteiger partial charge on any atom is 0.363 e. The van der Waals surface area contributed by atoms with E-state index in [0.29, 0.717) is 8.95 Å². The Labute approximate surface area is 135 Å². The van der Waals surface area contributed by atoms with Gasteiger partial charge in [-0.1, -0.05) is 50.7 Å². The van der Waals surface area contributed by atoms with E-state index in [1.54, 1.807) is 6.07 Å². The summed E-state index contributed by atoms with van der Waals surface area (Å²) in [7, 11) is 0. The Morgan fingerprint density at radius 3 is 2.22 bits per heavy atom. The van der Waals surface area contributed by atoms with Crippen molar-refractivity contribution >= 4 is 78.4 Å². The lowest BCUT2D eigenvalue weighted by atomic mass is 10.1. The topological polar surface area (TPSA) is 43.4 Å². The van der Waals surface area contributed by atoms with Crippen molar-refractivity contribution in [2.24, 2.45) is 0 Å². The summed E-state index contributed by atoms with van der Waals surface area (Å²) in [5.41, 5.74) is 0.195. The number of carbonyl (C=O) groups excluding carboxylic acids is 2. The van der Waals surface area contributed by atoms with Crippen LogP contribution in [0.15, 0.2) is 21.1 Å². The van der Waals surface area contributed by atoms with Crippen LogP contribution in [0.3, 0.4) is 0 Å². The molecule has 1 aromatic carbocycles. The van der Waals surface area contributed by atoms with Gasteiger partial charge in [-0.25, -0.2) is 4.79 Å². The van der Waals surface area contributed by atoms with Gasteiger partial charge < -0.3 is 4.74 Å². The van der Waals surface area contributed by atoms with Crippen LogP contribution in [0, 0.1) is 0 Å². The van der Waals surface area contributed by atoms with Crippen LogP contribution in [-0.4, -0.2) is 15.5 Å². The molecule has 98 valence electrons. The zero-order chi connectivity index (χ0) is 14.1. The van der Waals surface area contributed by atoms with Crippen molar-refractivity contribution in [1.82, 2.24) is 0 Å². The van der Waals surface area contributed by atoms with Gasteiger partial charge in [0.2, 0.25) is 0 Å². The lowest BCUT2D eigenvalue weighted by Gasteiger charge is -2.13. The summed E-state index contributed by atoms with van der Waals surface area (Å²) in [4.78, 5) is 23.0. The van der Waals surface area contributed by atoms with Crippen molar-refractivity contribution < 1.29 is 14.3 Å². The van der Waals surface area contributed by atoms with E-state index in [4.69, 9.17) is 39.5 Å². The first kappa shape index (κ1) is 16.2. The fourth-order valence-corrected chi connectivity index (χ4v) is 2.71. The molecule has 0 atom stereocenters. The third kappa shape index (κ3) is 4.10. The Hall–Kier alpha value is 0.190. The lowest BCUT2D eigenvalue weighted by molar-refractivity contribution is -0.133. The van der Waals surface area contributed by atoms with Crippen molar-refractivity contribution in [1.29, 1.82) is 0 Å². The van der Waals surface area contributed by atoms with E-state index < -0.39 is 9.76 Å². The van der Waals surface area contributed by atoms with Crippen molar-refractivity contribution in [3.05, 3.63) is 26.6 Å². The smallest absolute Gasteiger partial charge is 0.363 e. The number of hydrogen-bond donors (Lipinski definition) is 0. The average molecular weight is 439 g/mol. The molecule has 0 bridgehead atoms. The number of hydrogen-bond acceptors (Lipinski definition) is 3. The number of Topliss-reactive ketones (excluding diaryl/α,β-unsaturated/α-hetero) is 1. The van der Waals surface area contributed by atoms with E-state index in [1.807, 2.05) is 0 Å². The summed E-state index contributed by atoms with van der Waals surface area (Å²) in [5.74, 6) is -1.36. The van der Waals surface area contributed by atoms with Gasteiger partial charge in [-0.15, -0.1) is 0 Å². The maximum absolute atomic E-state index is 11.5. The summed E-state index contributed by atoms with van der Waals surface area (Å²) < 4.78 is 3.78. The SMILES string of the molecule is CC(=O)c1c(Br)cc(Br)cc1OC(=O)C(Cl)(Cl)Cl. The molecule has 1 aromatic rings. The van der Waals surface area contributed by atoms with E-state index in [2.05, 4.69) is 31.9 Å². The molecule has 0 heterocycles. The van der Waals surface area contributed by atoms with Gasteiger partial charge >= 0.3 is 5.97 Å². The highest BCUT2D eigenvalue weighted by Gasteiger charge is 2.34. The number of ketones is 1. The molecule has 0 saturated carbocycles. The molecular formula is C10H5Br2Cl3O3. The second-order valence-corrected chi connectivity index (χ2v) is 7.26. The monoisotopic (exact) mass is 436 g/mol. The Bertz CT molecular complexity index is 512. The van der Waals surface area contributed by atoms with Gasteiger partial charge in [0, 0.05) is 8.95 Å². The number of rotatable bonds is 2. The molecule has 3 nitrogen and oxygen atoms in total. The minimum atomic E-state index is -2.21. The van der Waals surface area contributed by atoms with Crippen LogP contribution in [0.1, 0.15) is 17.3 Å². The third-order valence-corrected chi connectivity index (χ3v) is 3.35. The number of alkyl halides is 3. The van der Waals surface area contributed by atoms with Crippen molar-refractivity contribution in [2.45, 2.75) is 10.7 Å². The lowest BCUT2D eigenvalue weighted by Crippen LogP contribution is -2.25. The molecule has 0 radical (unpaired) electrons. The van der Waals surface area contributed by atoms with Gasteiger partial charge in [0.15, 0.2) is 5.78 Å². The van der Waals surface area contributed by atoms with Gasteiger partial charge in [-0.3, -0.25) is 4.79 Å². The van der Waals surface area contributed by atoms with Gasteiger partial charge in [0.25, 0.3) is 3.79 Å². The minimum Gasteiger partial charge on any atom is -0.423 e. The predicted molar refractivity (Wildman–Crippen MR) is 77.8 cm³/mol. The average Bonchev–Trinajstić information content (AvgIpc) is 2.13. The van der Waals surface area contributed by atoms with Crippen LogP contribution >= 0.6 is 66.7 Å². The van der Waals surface area contributed by atoms with Gasteiger partial charge in [0.1, 0.15) is 5.75 Å². The van der Waals surface area contributed by atoms with E-state index in [0.717, 1.165) is 0 Å². The molecule has 0 N–H and O–H groups in total. The first-order chi connectivity index (χ1) is 8.12. The molecule has 1 rings (SSSR count). The van der Waals surface area contributed by atoms with Crippen LogP contribution in [0.25, 0.3) is 0 Å². The third-order valence-electron chi connectivity index (χ3n) is 1.80. The molecule has 0 unspecified atom stereocenters. The molecule has 0 spiro atoms. The quantitative estimate of drug-likeness (QED) is 0.291. The Morgan fingerprint density at radius 2 is 1.78 bits per heavy atom. The number of halogens is 5. The van der Waals surface area contributed by atoms with E-state index in [1.165, 1.54) is 13.0 Å². The van der Waals surface area contributed by atoms with Crippen LogP contribution in [0.2, 0.25) is 0 Å². The van der Waals surface area contributed by atoms with Crippen LogP contribution in [-0.2, 0) is 4.79 Å². The first-order valence-corrected chi connectivity index (χ1v) is 7.14. The zero-order valence-corrected chi connectivity index (χ0v) is 14.2. The molecule has 18 heavy (non-hydrogen) atoms. The highest BCUT2D eigenvalue weighted by molar-refractivity contribution is 9.11. The summed E-state index contributed by atoms with van der Waals surface area (Å²) in [5, 5.41) is 0. The standard InChI is InChI=1S/C10H5Br2Cl3O3/c1-4(16)8-6(12)2-5(11)3-7(8)18-9(17)10(13,14)15/h2-3H,1H3. The number of carbonyl (C=O) groups is 2.